The zero-order chi connectivity index (χ0) is 28.7. The first-order valence-corrected chi connectivity index (χ1v) is 13.6. The average molecular weight is 577 g/mol. The molecule has 0 radical (unpaired) electrons. The topological polar surface area (TPSA) is 129 Å². The molecular formula is C27H29ClN2O8S. The van der Waals surface area contributed by atoms with E-state index in [0.29, 0.717) is 5.69 Å². The molecule has 208 valence electrons. The third-order valence-corrected chi connectivity index (χ3v) is 7.37. The van der Waals surface area contributed by atoms with Crippen LogP contribution >= 0.6 is 11.6 Å². The second-order valence-corrected chi connectivity index (χ2v) is 10.3. The van der Waals surface area contributed by atoms with Crippen LogP contribution in [0, 0.1) is 0 Å². The normalized spacial score (nSPS) is 11.7. The molecule has 1 amide bonds. The quantitative estimate of drug-likeness (QED) is 0.308. The van der Waals surface area contributed by atoms with E-state index in [1.165, 1.54) is 52.5 Å². The van der Waals surface area contributed by atoms with Crippen LogP contribution < -0.4 is 24.2 Å². The number of methoxy groups -OCH3 is 3. The summed E-state index contributed by atoms with van der Waals surface area (Å²) >= 11 is 6.16. The summed E-state index contributed by atoms with van der Waals surface area (Å²) in [6.07, 6.45) is -0.298. The van der Waals surface area contributed by atoms with Gasteiger partial charge in [0.1, 0.15) is 22.1 Å². The smallest absolute Gasteiger partial charge is 0.338 e. The summed E-state index contributed by atoms with van der Waals surface area (Å²) in [5.74, 6) is -1.03. The van der Waals surface area contributed by atoms with Crippen LogP contribution in [0.1, 0.15) is 29.8 Å². The third kappa shape index (κ3) is 7.12. The number of halogens is 1. The molecule has 39 heavy (non-hydrogen) atoms. The summed E-state index contributed by atoms with van der Waals surface area (Å²) in [4.78, 5) is 25.0. The number of hydrogen-bond donors (Lipinski definition) is 2. The van der Waals surface area contributed by atoms with E-state index in [0.717, 1.165) is 18.1 Å². The fourth-order valence-electron chi connectivity index (χ4n) is 3.50. The molecule has 0 spiro atoms. The van der Waals surface area contributed by atoms with Gasteiger partial charge in [-0.15, -0.1) is 0 Å². The van der Waals surface area contributed by atoms with Crippen molar-refractivity contribution in [1.29, 1.82) is 0 Å². The van der Waals surface area contributed by atoms with Crippen molar-refractivity contribution in [2.75, 3.05) is 31.4 Å². The summed E-state index contributed by atoms with van der Waals surface area (Å²) in [6.45, 7) is 3.43. The van der Waals surface area contributed by atoms with E-state index in [1.54, 1.807) is 12.1 Å². The molecule has 0 saturated heterocycles. The SMILES string of the molecule is CCc1ccc(NC(=O)[C@@H](C)OC(=O)c2ccc(OC)c(S(=O)(=O)Nc3cc(Cl)c(OC)cc3OC)c2)cc1. The minimum Gasteiger partial charge on any atom is -0.495 e. The highest BCUT2D eigenvalue weighted by Crippen LogP contribution is 2.38. The van der Waals surface area contributed by atoms with E-state index < -0.39 is 28.0 Å². The van der Waals surface area contributed by atoms with E-state index in [1.807, 2.05) is 19.1 Å². The Hall–Kier alpha value is -3.96. The molecule has 3 aromatic rings. The first kappa shape index (κ1) is 29.6. The van der Waals surface area contributed by atoms with Gasteiger partial charge < -0.3 is 24.3 Å². The number of sulfonamides is 1. The van der Waals surface area contributed by atoms with Crippen LogP contribution in [0.25, 0.3) is 0 Å². The molecule has 0 fully saturated rings. The highest BCUT2D eigenvalue weighted by molar-refractivity contribution is 7.92. The molecule has 3 rings (SSSR count). The van der Waals surface area contributed by atoms with Gasteiger partial charge in [-0.1, -0.05) is 30.7 Å². The number of hydrogen-bond acceptors (Lipinski definition) is 8. The van der Waals surface area contributed by atoms with Crippen LogP contribution in [0.5, 0.6) is 17.2 Å². The fourth-order valence-corrected chi connectivity index (χ4v) is 5.00. The first-order chi connectivity index (χ1) is 18.5. The second kappa shape index (κ2) is 12.7. The summed E-state index contributed by atoms with van der Waals surface area (Å²) in [7, 11) is -0.258. The van der Waals surface area contributed by atoms with E-state index in [4.69, 9.17) is 30.5 Å². The predicted octanol–water partition coefficient (Wildman–Crippen LogP) is 4.91. The molecule has 0 aliphatic carbocycles. The van der Waals surface area contributed by atoms with Gasteiger partial charge in [-0.05, 0) is 55.3 Å². The van der Waals surface area contributed by atoms with Crippen molar-refractivity contribution in [3.63, 3.8) is 0 Å². The minimum absolute atomic E-state index is 0.0288. The van der Waals surface area contributed by atoms with Crippen molar-refractivity contribution in [2.45, 2.75) is 31.3 Å². The minimum atomic E-state index is -4.31. The molecular weight excluding hydrogens is 548 g/mol. The predicted molar refractivity (Wildman–Crippen MR) is 148 cm³/mol. The Morgan fingerprint density at radius 1 is 0.897 bits per heavy atom. The lowest BCUT2D eigenvalue weighted by Gasteiger charge is -2.17. The lowest BCUT2D eigenvalue weighted by molar-refractivity contribution is -0.123. The summed E-state index contributed by atoms with van der Waals surface area (Å²) < 4.78 is 50.0. The standard InChI is InChI=1S/C27H29ClN2O8S/c1-6-17-7-10-19(11-8-17)29-26(31)16(2)38-27(32)18-9-12-22(35-3)25(13-18)39(33,34)30-21-14-20(28)23(36-4)15-24(21)37-5/h7-16,30H,6H2,1-5H3,(H,29,31)/t16-/m1/s1. The monoisotopic (exact) mass is 576 g/mol. The molecule has 0 aliphatic heterocycles. The van der Waals surface area contributed by atoms with Crippen LogP contribution in [-0.4, -0.2) is 47.7 Å². The lowest BCUT2D eigenvalue weighted by atomic mass is 10.1. The Bertz CT molecular complexity index is 1460. The van der Waals surface area contributed by atoms with E-state index in [-0.39, 0.29) is 38.4 Å². The van der Waals surface area contributed by atoms with Gasteiger partial charge in [0.25, 0.3) is 15.9 Å². The van der Waals surface area contributed by atoms with E-state index >= 15 is 0 Å². The van der Waals surface area contributed by atoms with Gasteiger partial charge in [0, 0.05) is 11.8 Å². The van der Waals surface area contributed by atoms with Crippen molar-refractivity contribution in [1.82, 2.24) is 0 Å². The number of nitrogens with one attached hydrogen (secondary N) is 2. The van der Waals surface area contributed by atoms with Gasteiger partial charge >= 0.3 is 5.97 Å². The van der Waals surface area contributed by atoms with Crippen molar-refractivity contribution >= 4 is 44.9 Å². The molecule has 0 bridgehead atoms. The van der Waals surface area contributed by atoms with Gasteiger partial charge in [-0.2, -0.15) is 0 Å². The molecule has 2 N–H and O–H groups in total. The van der Waals surface area contributed by atoms with Crippen LogP contribution in [0.3, 0.4) is 0 Å². The number of carbonyl (C=O) groups excluding carboxylic acids is 2. The maximum absolute atomic E-state index is 13.3. The highest BCUT2D eigenvalue weighted by atomic mass is 35.5. The van der Waals surface area contributed by atoms with Crippen molar-refractivity contribution < 1.29 is 37.0 Å². The first-order valence-electron chi connectivity index (χ1n) is 11.8. The Kier molecular flexibility index (Phi) is 9.66. The van der Waals surface area contributed by atoms with Gasteiger partial charge in [0.15, 0.2) is 6.10 Å². The van der Waals surface area contributed by atoms with Gasteiger partial charge in [0.2, 0.25) is 0 Å². The van der Waals surface area contributed by atoms with Crippen LogP contribution in [0.15, 0.2) is 59.5 Å². The van der Waals surface area contributed by atoms with Crippen molar-refractivity contribution in [3.8, 4) is 17.2 Å². The van der Waals surface area contributed by atoms with Crippen LogP contribution in [0.4, 0.5) is 11.4 Å². The average Bonchev–Trinajstić information content (AvgIpc) is 2.92. The number of anilines is 2. The van der Waals surface area contributed by atoms with E-state index in [2.05, 4.69) is 10.0 Å². The molecule has 0 saturated carbocycles. The molecule has 12 heteroatoms. The van der Waals surface area contributed by atoms with E-state index in [9.17, 15) is 18.0 Å². The Morgan fingerprint density at radius 2 is 1.54 bits per heavy atom. The number of carbonyl (C=O) groups is 2. The fraction of sp³-hybridized carbons (Fsp3) is 0.259. The molecule has 0 heterocycles. The Labute approximate surface area is 232 Å². The molecule has 10 nitrogen and oxygen atoms in total. The van der Waals surface area contributed by atoms with Gasteiger partial charge in [-0.3, -0.25) is 9.52 Å². The zero-order valence-corrected chi connectivity index (χ0v) is 23.6. The van der Waals surface area contributed by atoms with Gasteiger partial charge in [-0.25, -0.2) is 13.2 Å². The number of ether oxygens (including phenoxy) is 4. The van der Waals surface area contributed by atoms with Gasteiger partial charge in [0.05, 0.1) is 37.6 Å². The molecule has 1 atom stereocenters. The molecule has 3 aromatic carbocycles. The highest BCUT2D eigenvalue weighted by Gasteiger charge is 2.26. The molecule has 0 aliphatic rings. The molecule has 0 aromatic heterocycles. The third-order valence-electron chi connectivity index (χ3n) is 5.69. The van der Waals surface area contributed by atoms with Crippen LogP contribution in [-0.2, 0) is 26.0 Å². The number of rotatable bonds is 11. The second-order valence-electron chi connectivity index (χ2n) is 8.25. The largest absolute Gasteiger partial charge is 0.495 e. The number of benzene rings is 3. The number of aryl methyl sites for hydroxylation is 1. The number of amides is 1. The van der Waals surface area contributed by atoms with Crippen LogP contribution in [0.2, 0.25) is 5.02 Å². The van der Waals surface area contributed by atoms with Crippen molar-refractivity contribution in [3.05, 3.63) is 70.7 Å². The Morgan fingerprint density at radius 3 is 2.13 bits per heavy atom. The molecule has 0 unspecified atom stereocenters. The zero-order valence-electron chi connectivity index (χ0n) is 22.0. The maximum Gasteiger partial charge on any atom is 0.338 e. The lowest BCUT2D eigenvalue weighted by Crippen LogP contribution is -2.30. The number of esters is 1. The Balaban J connectivity index is 1.82. The summed E-state index contributed by atoms with van der Waals surface area (Å²) in [5.41, 5.74) is 1.59. The van der Waals surface area contributed by atoms with Crippen molar-refractivity contribution in [2.24, 2.45) is 0 Å². The summed E-state index contributed by atoms with van der Waals surface area (Å²) in [5, 5.41) is 2.83. The summed E-state index contributed by atoms with van der Waals surface area (Å²) in [6, 6.07) is 13.8. The maximum atomic E-state index is 13.3.